The molecule has 0 aliphatic carbocycles. The average molecular weight is 184 g/mol. The van der Waals surface area contributed by atoms with E-state index < -0.39 is 0 Å². The van der Waals surface area contributed by atoms with Crippen molar-refractivity contribution >= 4 is 5.97 Å². The maximum absolute atomic E-state index is 10.4. The fourth-order valence-electron chi connectivity index (χ4n) is 0.702. The summed E-state index contributed by atoms with van der Waals surface area (Å²) in [5.41, 5.74) is 0. The van der Waals surface area contributed by atoms with Crippen molar-refractivity contribution in [2.45, 2.75) is 27.4 Å². The van der Waals surface area contributed by atoms with E-state index in [9.17, 15) is 4.79 Å². The van der Waals surface area contributed by atoms with Crippen molar-refractivity contribution in [3.8, 4) is 0 Å². The first-order valence-corrected chi connectivity index (χ1v) is 4.29. The lowest BCUT2D eigenvalue weighted by molar-refractivity contribution is -0.142. The Bertz CT molecular complexity index is 256. The van der Waals surface area contributed by atoms with E-state index in [1.165, 1.54) is 6.92 Å². The molecule has 4 nitrogen and oxygen atoms in total. The number of ether oxygens (including phenoxy) is 1. The summed E-state index contributed by atoms with van der Waals surface area (Å²) in [6, 6.07) is 0. The topological polar surface area (TPSA) is 44.1 Å². The molecular formula is C9H16N2O2. The van der Waals surface area contributed by atoms with Crippen LogP contribution in [0.25, 0.3) is 0 Å². The van der Waals surface area contributed by atoms with Crippen LogP contribution in [-0.2, 0) is 23.2 Å². The van der Waals surface area contributed by atoms with Crippen LogP contribution in [-0.4, -0.2) is 15.5 Å². The van der Waals surface area contributed by atoms with Gasteiger partial charge >= 0.3 is 5.97 Å². The van der Waals surface area contributed by atoms with E-state index in [4.69, 9.17) is 4.74 Å². The Kier molecular flexibility index (Phi) is 5.59. The zero-order chi connectivity index (χ0) is 10.3. The molecule has 0 spiro atoms. The molecule has 0 atom stereocenters. The normalized spacial score (nSPS) is 8.62. The van der Waals surface area contributed by atoms with Gasteiger partial charge in [-0.15, -0.1) is 0 Å². The molecule has 0 aromatic carbocycles. The van der Waals surface area contributed by atoms with Gasteiger partial charge in [0.25, 0.3) is 0 Å². The van der Waals surface area contributed by atoms with Gasteiger partial charge in [0.05, 0.1) is 0 Å². The van der Waals surface area contributed by atoms with Gasteiger partial charge in [-0.25, -0.2) is 4.98 Å². The molecule has 0 bridgehead atoms. The second-order valence-electron chi connectivity index (χ2n) is 2.23. The minimum atomic E-state index is -0.284. The fourth-order valence-corrected chi connectivity index (χ4v) is 0.702. The number of aromatic nitrogens is 2. The Morgan fingerprint density at radius 2 is 2.23 bits per heavy atom. The van der Waals surface area contributed by atoms with Gasteiger partial charge < -0.3 is 9.30 Å². The monoisotopic (exact) mass is 184 g/mol. The highest BCUT2D eigenvalue weighted by atomic mass is 16.5. The molecule has 1 rings (SSSR count). The van der Waals surface area contributed by atoms with Crippen LogP contribution in [0.4, 0.5) is 0 Å². The molecule has 0 saturated carbocycles. The van der Waals surface area contributed by atoms with Crippen molar-refractivity contribution in [3.05, 3.63) is 18.2 Å². The fraction of sp³-hybridized carbons (Fsp3) is 0.556. The van der Waals surface area contributed by atoms with Gasteiger partial charge in [-0.2, -0.15) is 0 Å². The zero-order valence-corrected chi connectivity index (χ0v) is 8.57. The number of rotatable bonds is 2. The van der Waals surface area contributed by atoms with Crippen LogP contribution in [0.2, 0.25) is 0 Å². The first kappa shape index (κ1) is 11.7. The smallest absolute Gasteiger partial charge is 0.303 e. The van der Waals surface area contributed by atoms with Crippen molar-refractivity contribution in [2.24, 2.45) is 7.05 Å². The number of carbonyl (C=O) groups is 1. The maximum Gasteiger partial charge on any atom is 0.303 e. The maximum atomic E-state index is 10.4. The first-order chi connectivity index (χ1) is 6.20. The Balaban J connectivity index is 0.000000671. The minimum absolute atomic E-state index is 0.249. The molecule has 13 heavy (non-hydrogen) atoms. The van der Waals surface area contributed by atoms with Gasteiger partial charge in [0.15, 0.2) is 0 Å². The molecule has 0 aliphatic rings. The lowest BCUT2D eigenvalue weighted by Gasteiger charge is -2.00. The zero-order valence-electron chi connectivity index (χ0n) is 8.57. The van der Waals surface area contributed by atoms with Gasteiger partial charge in [0, 0.05) is 26.4 Å². The number of carbonyl (C=O) groups excluding carboxylic acids is 1. The predicted octanol–water partition coefficient (Wildman–Crippen LogP) is 1.51. The second kappa shape index (κ2) is 6.22. The largest absolute Gasteiger partial charge is 0.458 e. The van der Waals surface area contributed by atoms with Crippen LogP contribution in [0.1, 0.15) is 26.6 Å². The van der Waals surface area contributed by atoms with E-state index in [2.05, 4.69) is 4.98 Å². The Morgan fingerprint density at radius 3 is 2.62 bits per heavy atom. The van der Waals surface area contributed by atoms with Crippen LogP contribution >= 0.6 is 0 Å². The molecule has 0 amide bonds. The third-order valence-corrected chi connectivity index (χ3v) is 1.33. The number of hydrogen-bond donors (Lipinski definition) is 0. The highest BCUT2D eigenvalue weighted by Gasteiger charge is 1.99. The molecular weight excluding hydrogens is 168 g/mol. The van der Waals surface area contributed by atoms with E-state index in [1.54, 1.807) is 12.4 Å². The Labute approximate surface area is 78.5 Å². The molecule has 0 aliphatic heterocycles. The number of nitrogens with zero attached hydrogens (tertiary/aromatic N) is 2. The van der Waals surface area contributed by atoms with Crippen LogP contribution in [0, 0.1) is 0 Å². The van der Waals surface area contributed by atoms with E-state index >= 15 is 0 Å². The number of aryl methyl sites for hydroxylation is 1. The standard InChI is InChI=1S/C7H10N2O2.C2H6/c1-6(10)11-5-7-8-3-4-9(7)2;1-2/h3-4H,5H2,1-2H3;1-2H3. The SMILES string of the molecule is CC.CC(=O)OCc1nccn1C. The average Bonchev–Trinajstić information content (AvgIpc) is 2.51. The van der Waals surface area contributed by atoms with Gasteiger partial charge in [-0.1, -0.05) is 13.8 Å². The summed E-state index contributed by atoms with van der Waals surface area (Å²) in [6.45, 7) is 5.63. The molecule has 0 fully saturated rings. The van der Waals surface area contributed by atoms with Crippen LogP contribution < -0.4 is 0 Å². The lowest BCUT2D eigenvalue weighted by atomic mass is 10.6. The summed E-state index contributed by atoms with van der Waals surface area (Å²) in [6.07, 6.45) is 3.47. The molecule has 0 saturated heterocycles. The van der Waals surface area contributed by atoms with E-state index in [0.29, 0.717) is 0 Å². The summed E-state index contributed by atoms with van der Waals surface area (Å²) in [5.74, 6) is 0.466. The summed E-state index contributed by atoms with van der Waals surface area (Å²) >= 11 is 0. The Hall–Kier alpha value is -1.32. The predicted molar refractivity (Wildman–Crippen MR) is 50.0 cm³/mol. The quantitative estimate of drug-likeness (QED) is 0.654. The summed E-state index contributed by atoms with van der Waals surface area (Å²) in [5, 5.41) is 0. The van der Waals surface area contributed by atoms with Gasteiger partial charge in [0.2, 0.25) is 0 Å². The van der Waals surface area contributed by atoms with Crippen LogP contribution in [0.5, 0.6) is 0 Å². The molecule has 4 heteroatoms. The third-order valence-electron chi connectivity index (χ3n) is 1.33. The van der Waals surface area contributed by atoms with E-state index in [-0.39, 0.29) is 12.6 Å². The molecule has 1 aromatic heterocycles. The van der Waals surface area contributed by atoms with Crippen molar-refractivity contribution in [2.75, 3.05) is 0 Å². The Morgan fingerprint density at radius 1 is 1.62 bits per heavy atom. The molecule has 74 valence electrons. The number of esters is 1. The summed E-state index contributed by atoms with van der Waals surface area (Å²) in [7, 11) is 1.85. The van der Waals surface area contributed by atoms with Crippen molar-refractivity contribution in [1.82, 2.24) is 9.55 Å². The highest BCUT2D eigenvalue weighted by molar-refractivity contribution is 5.65. The van der Waals surface area contributed by atoms with Crippen LogP contribution in [0.15, 0.2) is 12.4 Å². The van der Waals surface area contributed by atoms with Crippen molar-refractivity contribution < 1.29 is 9.53 Å². The third kappa shape index (κ3) is 4.30. The molecule has 0 N–H and O–H groups in total. The first-order valence-electron chi connectivity index (χ1n) is 4.29. The van der Waals surface area contributed by atoms with Gasteiger partial charge in [-0.05, 0) is 0 Å². The lowest BCUT2D eigenvalue weighted by Crippen LogP contribution is -2.03. The van der Waals surface area contributed by atoms with Crippen LogP contribution in [0.3, 0.4) is 0 Å². The molecule has 1 aromatic rings. The number of hydrogen-bond acceptors (Lipinski definition) is 3. The highest BCUT2D eigenvalue weighted by Crippen LogP contribution is 1.96. The van der Waals surface area contributed by atoms with Gasteiger partial charge in [-0.3, -0.25) is 4.79 Å². The second-order valence-corrected chi connectivity index (χ2v) is 2.23. The van der Waals surface area contributed by atoms with E-state index in [0.717, 1.165) is 5.82 Å². The summed E-state index contributed by atoms with van der Waals surface area (Å²) in [4.78, 5) is 14.4. The molecule has 0 radical (unpaired) electrons. The van der Waals surface area contributed by atoms with E-state index in [1.807, 2.05) is 25.5 Å². The number of imidazole rings is 1. The minimum Gasteiger partial charge on any atom is -0.458 e. The molecule has 0 unspecified atom stereocenters. The van der Waals surface area contributed by atoms with Crippen molar-refractivity contribution in [1.29, 1.82) is 0 Å². The molecule has 1 heterocycles. The van der Waals surface area contributed by atoms with Gasteiger partial charge in [0.1, 0.15) is 12.4 Å². The summed E-state index contributed by atoms with van der Waals surface area (Å²) < 4.78 is 6.55. The van der Waals surface area contributed by atoms with Crippen molar-refractivity contribution in [3.63, 3.8) is 0 Å².